The van der Waals surface area contributed by atoms with Gasteiger partial charge in [0.15, 0.2) is 6.10 Å². The standard InChI is InChI=1S/C26H29F2N3O6S/c1-33-22-12-35-26-23(13-36-25(22)26)37-20-9-16(28)5-4-15(20)8-18-24-19(30-14-29-18)10-17(31-38(2,3)32)11-21(24)34-7-6-27/h4-5,9-11,14,22-23,25-26H,6-8,12-13H2,1-3H3/t22-,23-,25-,26-/m1/s1. The van der Waals surface area contributed by atoms with Crippen molar-refractivity contribution in [3.8, 4) is 11.5 Å². The summed E-state index contributed by atoms with van der Waals surface area (Å²) in [4.78, 5) is 8.80. The van der Waals surface area contributed by atoms with Crippen LogP contribution in [-0.4, -0.2) is 84.7 Å². The van der Waals surface area contributed by atoms with Crippen LogP contribution in [0.2, 0.25) is 0 Å². The summed E-state index contributed by atoms with van der Waals surface area (Å²) in [7, 11) is -0.846. The van der Waals surface area contributed by atoms with Crippen LogP contribution in [0.1, 0.15) is 11.3 Å². The maximum absolute atomic E-state index is 14.3. The first-order chi connectivity index (χ1) is 18.3. The van der Waals surface area contributed by atoms with Crippen LogP contribution in [0.4, 0.5) is 14.5 Å². The number of ether oxygens (including phenoxy) is 5. The molecule has 38 heavy (non-hydrogen) atoms. The molecule has 2 aromatic carbocycles. The average molecular weight is 550 g/mol. The number of hydrogen-bond acceptors (Lipinski definition) is 9. The number of hydrogen-bond donors (Lipinski definition) is 0. The second-order valence-corrected chi connectivity index (χ2v) is 12.0. The van der Waals surface area contributed by atoms with Gasteiger partial charge in [-0.15, -0.1) is 0 Å². The Morgan fingerprint density at radius 3 is 2.58 bits per heavy atom. The van der Waals surface area contributed by atoms with Gasteiger partial charge in [-0.25, -0.2) is 23.0 Å². The van der Waals surface area contributed by atoms with Gasteiger partial charge in [0.05, 0.1) is 35.5 Å². The lowest BCUT2D eigenvalue weighted by Crippen LogP contribution is -2.35. The fraction of sp³-hybridized carbons (Fsp3) is 0.462. The van der Waals surface area contributed by atoms with Gasteiger partial charge in [-0.1, -0.05) is 6.07 Å². The molecule has 0 radical (unpaired) electrons. The predicted octanol–water partition coefficient (Wildman–Crippen LogP) is 3.63. The highest BCUT2D eigenvalue weighted by Crippen LogP contribution is 2.36. The first-order valence-corrected chi connectivity index (χ1v) is 14.4. The van der Waals surface area contributed by atoms with Crippen LogP contribution in [0, 0.1) is 5.82 Å². The molecule has 0 saturated carbocycles. The summed E-state index contributed by atoms with van der Waals surface area (Å²) in [6.07, 6.45) is 3.49. The molecule has 0 amide bonds. The number of fused-ring (bicyclic) bond motifs is 2. The van der Waals surface area contributed by atoms with Gasteiger partial charge in [0, 0.05) is 53.5 Å². The van der Waals surface area contributed by atoms with E-state index in [9.17, 15) is 13.0 Å². The lowest BCUT2D eigenvalue weighted by Gasteiger charge is -2.20. The third-order valence-corrected chi connectivity index (χ3v) is 7.01. The largest absolute Gasteiger partial charge is 0.490 e. The zero-order chi connectivity index (χ0) is 26.9. The van der Waals surface area contributed by atoms with E-state index >= 15 is 0 Å². The Balaban J connectivity index is 1.50. The van der Waals surface area contributed by atoms with Crippen molar-refractivity contribution in [3.05, 3.63) is 53.7 Å². The van der Waals surface area contributed by atoms with Gasteiger partial charge in [0.25, 0.3) is 0 Å². The monoisotopic (exact) mass is 549 g/mol. The van der Waals surface area contributed by atoms with Gasteiger partial charge in [-0.3, -0.25) is 0 Å². The van der Waals surface area contributed by atoms with E-state index in [-0.39, 0.29) is 37.9 Å². The Morgan fingerprint density at radius 1 is 1.08 bits per heavy atom. The van der Waals surface area contributed by atoms with Gasteiger partial charge < -0.3 is 23.7 Å². The summed E-state index contributed by atoms with van der Waals surface area (Å²) in [5.74, 6) is 0.208. The topological polar surface area (TPSA) is 101 Å². The summed E-state index contributed by atoms with van der Waals surface area (Å²) in [6, 6.07) is 7.58. The van der Waals surface area contributed by atoms with Crippen molar-refractivity contribution in [1.29, 1.82) is 0 Å². The van der Waals surface area contributed by atoms with Crippen molar-refractivity contribution < 1.29 is 36.7 Å². The molecule has 2 fully saturated rings. The molecule has 204 valence electrons. The Bertz CT molecular complexity index is 1440. The number of alkyl halides is 1. The molecule has 1 aromatic heterocycles. The van der Waals surface area contributed by atoms with Crippen LogP contribution < -0.4 is 9.47 Å². The van der Waals surface area contributed by atoms with E-state index in [1.807, 2.05) is 0 Å². The number of rotatable bonds is 9. The quantitative estimate of drug-likeness (QED) is 0.399. The normalized spacial score (nSPS) is 23.0. The maximum Gasteiger partial charge on any atom is 0.151 e. The Hall–Kier alpha value is -2.93. The van der Waals surface area contributed by atoms with Crippen LogP contribution >= 0.6 is 0 Å². The van der Waals surface area contributed by atoms with Crippen molar-refractivity contribution >= 4 is 26.3 Å². The molecule has 3 heterocycles. The fourth-order valence-electron chi connectivity index (χ4n) is 4.77. The van der Waals surface area contributed by atoms with E-state index in [0.717, 1.165) is 0 Å². The molecule has 2 aliphatic rings. The van der Waals surface area contributed by atoms with Crippen molar-refractivity contribution in [3.63, 3.8) is 0 Å². The summed E-state index contributed by atoms with van der Waals surface area (Å²) < 4.78 is 72.9. The van der Waals surface area contributed by atoms with E-state index in [1.54, 1.807) is 25.3 Å². The van der Waals surface area contributed by atoms with E-state index in [2.05, 4.69) is 14.3 Å². The van der Waals surface area contributed by atoms with Crippen LogP contribution in [0.5, 0.6) is 11.5 Å². The minimum absolute atomic E-state index is 0.180. The number of methoxy groups -OCH3 is 1. The van der Waals surface area contributed by atoms with Gasteiger partial charge in [-0.05, 0) is 12.1 Å². The lowest BCUT2D eigenvalue weighted by molar-refractivity contribution is -0.0139. The van der Waals surface area contributed by atoms with Crippen molar-refractivity contribution in [1.82, 2.24) is 9.97 Å². The summed E-state index contributed by atoms with van der Waals surface area (Å²) in [5.41, 5.74) is 2.14. The molecule has 12 heteroatoms. The van der Waals surface area contributed by atoms with E-state index in [0.29, 0.717) is 46.0 Å². The molecule has 2 saturated heterocycles. The molecule has 3 aromatic rings. The molecule has 5 rings (SSSR count). The third-order valence-electron chi connectivity index (χ3n) is 6.36. The molecule has 0 unspecified atom stereocenters. The Morgan fingerprint density at radius 2 is 1.84 bits per heavy atom. The minimum Gasteiger partial charge on any atom is -0.490 e. The van der Waals surface area contributed by atoms with Gasteiger partial charge in [-0.2, -0.15) is 4.36 Å². The lowest BCUT2D eigenvalue weighted by atomic mass is 10.0. The summed E-state index contributed by atoms with van der Waals surface area (Å²) >= 11 is 0. The van der Waals surface area contributed by atoms with Gasteiger partial charge in [0.2, 0.25) is 0 Å². The molecule has 4 atom stereocenters. The van der Waals surface area contributed by atoms with E-state index in [4.69, 9.17) is 23.7 Å². The molecular weight excluding hydrogens is 520 g/mol. The first kappa shape index (κ1) is 26.7. The number of halogens is 2. The zero-order valence-electron chi connectivity index (χ0n) is 21.3. The second-order valence-electron chi connectivity index (χ2n) is 9.42. The van der Waals surface area contributed by atoms with Crippen LogP contribution in [0.25, 0.3) is 10.9 Å². The molecular formula is C26H29F2N3O6S. The summed E-state index contributed by atoms with van der Waals surface area (Å²) in [6.45, 7) is -0.196. The highest BCUT2D eigenvalue weighted by atomic mass is 32.2. The highest BCUT2D eigenvalue weighted by Gasteiger charge is 2.49. The molecule has 0 bridgehead atoms. The summed E-state index contributed by atoms with van der Waals surface area (Å²) in [5, 5.41) is 0.556. The predicted molar refractivity (Wildman–Crippen MR) is 137 cm³/mol. The molecule has 0 aliphatic carbocycles. The van der Waals surface area contributed by atoms with Gasteiger partial charge in [0.1, 0.15) is 55.2 Å². The second kappa shape index (κ2) is 11.0. The van der Waals surface area contributed by atoms with Crippen LogP contribution in [0.15, 0.2) is 41.0 Å². The Kier molecular flexibility index (Phi) is 7.75. The minimum atomic E-state index is -2.45. The average Bonchev–Trinajstić information content (AvgIpc) is 3.45. The van der Waals surface area contributed by atoms with Crippen molar-refractivity contribution in [2.75, 3.05) is 46.1 Å². The van der Waals surface area contributed by atoms with Crippen LogP contribution in [0.3, 0.4) is 0 Å². The third kappa shape index (κ3) is 5.73. The zero-order valence-corrected chi connectivity index (χ0v) is 22.1. The number of nitrogens with zero attached hydrogens (tertiary/aromatic N) is 3. The molecule has 2 aliphatic heterocycles. The Labute approximate surface area is 219 Å². The first-order valence-electron chi connectivity index (χ1n) is 12.1. The molecule has 9 nitrogen and oxygen atoms in total. The van der Waals surface area contributed by atoms with Gasteiger partial charge >= 0.3 is 0 Å². The SMILES string of the molecule is CO[C@@H]1CO[C@H]2[C@@H]1OC[C@H]2Oc1cc(F)ccc1Cc1ncnc2cc(N=S(C)(C)=O)cc(OCCF)c12. The van der Waals surface area contributed by atoms with E-state index < -0.39 is 28.3 Å². The smallest absolute Gasteiger partial charge is 0.151 e. The van der Waals surface area contributed by atoms with Crippen molar-refractivity contribution in [2.45, 2.75) is 30.8 Å². The molecule has 0 N–H and O–H groups in total. The number of benzene rings is 2. The molecule has 0 spiro atoms. The fourth-order valence-corrected chi connectivity index (χ4v) is 5.38. The van der Waals surface area contributed by atoms with Crippen molar-refractivity contribution in [2.24, 2.45) is 4.36 Å². The highest BCUT2D eigenvalue weighted by molar-refractivity contribution is 7.92. The van der Waals surface area contributed by atoms with Crippen LogP contribution in [-0.2, 0) is 30.4 Å². The maximum atomic E-state index is 14.3. The number of aromatic nitrogens is 2. The van der Waals surface area contributed by atoms with E-state index in [1.165, 1.54) is 31.0 Å².